The molecule has 12 nitrogen and oxygen atoms in total. The molecule has 0 spiro atoms. The number of carbonyl (C=O) groups excluding carboxylic acids is 2. The Kier molecular flexibility index (Phi) is 15.9. The summed E-state index contributed by atoms with van der Waals surface area (Å²) in [6.07, 6.45) is 1.38. The first-order valence-electron chi connectivity index (χ1n) is 22.4. The SMILES string of the molecule is COCCOCCC1(CCOCCOC)c2cc(C#Cc3ccc(N(C)C)c4nc(COC(C)=O)ccc34)ccc2-c2ccc(C#Cc3ccc(N(C)C)c4nc(COC(C)=O)ccc34)cc21. The first-order chi connectivity index (χ1) is 32.4. The number of carbonyl (C=O) groups is 2. The zero-order valence-electron chi connectivity index (χ0n) is 39.7. The second kappa shape index (κ2) is 22.1. The Hall–Kier alpha value is -6.80. The van der Waals surface area contributed by atoms with Crippen LogP contribution in [0.15, 0.2) is 84.9 Å². The number of pyridine rings is 2. The molecule has 346 valence electrons. The summed E-state index contributed by atoms with van der Waals surface area (Å²) < 4.78 is 33.6. The van der Waals surface area contributed by atoms with Crippen molar-refractivity contribution in [2.45, 2.75) is 45.3 Å². The molecule has 0 unspecified atom stereocenters. The van der Waals surface area contributed by atoms with Crippen molar-refractivity contribution >= 4 is 45.1 Å². The molecular formula is C55H58N4O8. The summed E-state index contributed by atoms with van der Waals surface area (Å²) in [5.41, 5.74) is 12.3. The number of methoxy groups -OCH3 is 2. The Labute approximate surface area is 393 Å². The Morgan fingerprint density at radius 1 is 0.537 bits per heavy atom. The molecule has 0 bridgehead atoms. The van der Waals surface area contributed by atoms with Gasteiger partial charge in [0, 0.05) is 108 Å². The van der Waals surface area contributed by atoms with Crippen molar-refractivity contribution in [3.8, 4) is 34.8 Å². The van der Waals surface area contributed by atoms with E-state index in [0.717, 1.165) is 77.7 Å². The van der Waals surface area contributed by atoms with Crippen molar-refractivity contribution in [3.05, 3.63) is 130 Å². The summed E-state index contributed by atoms with van der Waals surface area (Å²) >= 11 is 0. The number of aromatic nitrogens is 2. The van der Waals surface area contributed by atoms with E-state index >= 15 is 0 Å². The Bertz CT molecular complexity index is 2710. The zero-order valence-corrected chi connectivity index (χ0v) is 39.7. The van der Waals surface area contributed by atoms with Gasteiger partial charge in [0.25, 0.3) is 0 Å². The maximum Gasteiger partial charge on any atom is 0.303 e. The molecule has 1 aliphatic carbocycles. The van der Waals surface area contributed by atoms with Crippen molar-refractivity contribution in [1.82, 2.24) is 9.97 Å². The lowest BCUT2D eigenvalue weighted by Gasteiger charge is -2.32. The van der Waals surface area contributed by atoms with Crippen LogP contribution in [0.5, 0.6) is 0 Å². The largest absolute Gasteiger partial charge is 0.459 e. The lowest BCUT2D eigenvalue weighted by atomic mass is 9.72. The summed E-state index contributed by atoms with van der Waals surface area (Å²) in [5, 5.41) is 1.82. The van der Waals surface area contributed by atoms with E-state index in [4.69, 9.17) is 38.4 Å². The van der Waals surface area contributed by atoms with Crippen LogP contribution in [0.25, 0.3) is 32.9 Å². The number of nitrogens with zero attached hydrogens (tertiary/aromatic N) is 4. The molecule has 2 aromatic heterocycles. The van der Waals surface area contributed by atoms with E-state index in [2.05, 4.69) is 60.1 Å². The minimum Gasteiger partial charge on any atom is -0.459 e. The molecule has 0 amide bonds. The smallest absolute Gasteiger partial charge is 0.303 e. The van der Waals surface area contributed by atoms with Gasteiger partial charge in [-0.05, 0) is 108 Å². The van der Waals surface area contributed by atoms with Gasteiger partial charge in [-0.25, -0.2) is 9.97 Å². The monoisotopic (exact) mass is 902 g/mol. The first-order valence-corrected chi connectivity index (χ1v) is 22.4. The predicted octanol–water partition coefficient (Wildman–Crippen LogP) is 8.21. The van der Waals surface area contributed by atoms with Crippen LogP contribution in [-0.4, -0.2) is 104 Å². The highest BCUT2D eigenvalue weighted by Gasteiger charge is 2.43. The fourth-order valence-electron chi connectivity index (χ4n) is 8.51. The predicted molar refractivity (Wildman–Crippen MR) is 262 cm³/mol. The highest BCUT2D eigenvalue weighted by atomic mass is 16.5. The van der Waals surface area contributed by atoms with Gasteiger partial charge >= 0.3 is 11.9 Å². The quantitative estimate of drug-likeness (QED) is 0.0470. The molecule has 0 radical (unpaired) electrons. The molecule has 0 atom stereocenters. The van der Waals surface area contributed by atoms with Crippen LogP contribution in [0.3, 0.4) is 0 Å². The highest BCUT2D eigenvalue weighted by molar-refractivity contribution is 5.96. The van der Waals surface area contributed by atoms with Gasteiger partial charge in [0.05, 0.1) is 60.2 Å². The van der Waals surface area contributed by atoms with Crippen molar-refractivity contribution < 1.29 is 38.0 Å². The Balaban J connectivity index is 1.30. The molecule has 0 saturated carbocycles. The van der Waals surface area contributed by atoms with E-state index < -0.39 is 5.41 Å². The molecule has 12 heteroatoms. The second-order valence-electron chi connectivity index (χ2n) is 16.8. The molecule has 0 fully saturated rings. The number of anilines is 2. The van der Waals surface area contributed by atoms with Crippen LogP contribution in [0.1, 0.15) is 71.5 Å². The highest BCUT2D eigenvalue weighted by Crippen LogP contribution is 2.53. The fraction of sp³-hybridized carbons (Fsp3) is 0.345. The lowest BCUT2D eigenvalue weighted by Crippen LogP contribution is -2.30. The molecule has 0 N–H and O–H groups in total. The molecule has 1 aliphatic rings. The number of fused-ring (bicyclic) bond motifs is 5. The maximum atomic E-state index is 11.6. The number of hydrogen-bond acceptors (Lipinski definition) is 12. The van der Waals surface area contributed by atoms with Gasteiger partial charge in [-0.2, -0.15) is 0 Å². The van der Waals surface area contributed by atoms with Gasteiger partial charge in [-0.1, -0.05) is 35.8 Å². The van der Waals surface area contributed by atoms with Crippen molar-refractivity contribution in [2.75, 3.05) is 91.9 Å². The minimum absolute atomic E-state index is 0.0952. The van der Waals surface area contributed by atoms with E-state index in [-0.39, 0.29) is 25.2 Å². The summed E-state index contributed by atoms with van der Waals surface area (Å²) in [4.78, 5) is 36.9. The summed E-state index contributed by atoms with van der Waals surface area (Å²) in [7, 11) is 11.3. The van der Waals surface area contributed by atoms with Crippen molar-refractivity contribution in [1.29, 1.82) is 0 Å². The second-order valence-corrected chi connectivity index (χ2v) is 16.8. The molecule has 0 saturated heterocycles. The average molecular weight is 903 g/mol. The first kappa shape index (κ1) is 48.1. The Morgan fingerprint density at radius 3 is 1.36 bits per heavy atom. The molecular weight excluding hydrogens is 845 g/mol. The third-order valence-corrected chi connectivity index (χ3v) is 11.9. The third-order valence-electron chi connectivity index (χ3n) is 11.9. The lowest BCUT2D eigenvalue weighted by molar-refractivity contribution is -0.143. The zero-order chi connectivity index (χ0) is 47.5. The van der Waals surface area contributed by atoms with Crippen LogP contribution in [0, 0.1) is 23.7 Å². The number of hydrogen-bond donors (Lipinski definition) is 0. The van der Waals surface area contributed by atoms with Crippen LogP contribution in [0.4, 0.5) is 11.4 Å². The number of esters is 2. The van der Waals surface area contributed by atoms with Gasteiger partial charge in [0.15, 0.2) is 0 Å². The molecule has 6 aromatic rings. The number of rotatable bonds is 18. The fourth-order valence-corrected chi connectivity index (χ4v) is 8.51. The molecule has 2 heterocycles. The van der Waals surface area contributed by atoms with Gasteiger partial charge in [0.2, 0.25) is 0 Å². The third kappa shape index (κ3) is 11.3. The summed E-state index contributed by atoms with van der Waals surface area (Å²) in [6, 6.07) is 28.8. The van der Waals surface area contributed by atoms with Gasteiger partial charge in [-0.15, -0.1) is 0 Å². The molecule has 0 aliphatic heterocycles. The van der Waals surface area contributed by atoms with Crippen molar-refractivity contribution in [3.63, 3.8) is 0 Å². The standard InChI is InChI=1S/C55H58N4O8/c1-37(60)66-35-43-17-21-45-41(15-23-51(58(3)4)53(45)56-43)13-9-39-11-19-47-48-20-12-40(10-14-42-16-24-52(59(5)6)54-46(42)22-18-44(57-54)36-67-38(2)61)34-50(48)55(49(47)33-39,25-27-64-31-29-62-7)26-28-65-32-30-63-8/h11-12,15-24,33-34H,25-32,35-36H2,1-8H3. The summed E-state index contributed by atoms with van der Waals surface area (Å²) in [6.45, 7) is 5.93. The van der Waals surface area contributed by atoms with E-state index in [1.54, 1.807) is 14.2 Å². The number of benzene rings is 4. The average Bonchev–Trinajstić information content (AvgIpc) is 3.58. The van der Waals surface area contributed by atoms with E-state index in [1.807, 2.05) is 86.5 Å². The number of ether oxygens (including phenoxy) is 6. The van der Waals surface area contributed by atoms with Gasteiger partial charge in [0.1, 0.15) is 13.2 Å². The van der Waals surface area contributed by atoms with Crippen LogP contribution >= 0.6 is 0 Å². The molecule has 67 heavy (non-hydrogen) atoms. The van der Waals surface area contributed by atoms with Crippen LogP contribution in [0.2, 0.25) is 0 Å². The van der Waals surface area contributed by atoms with Crippen LogP contribution in [-0.2, 0) is 56.6 Å². The van der Waals surface area contributed by atoms with Gasteiger partial charge in [-0.3, -0.25) is 9.59 Å². The minimum atomic E-state index is -0.495. The summed E-state index contributed by atoms with van der Waals surface area (Å²) in [5.74, 6) is 13.2. The van der Waals surface area contributed by atoms with E-state index in [1.165, 1.54) is 13.8 Å². The van der Waals surface area contributed by atoms with E-state index in [9.17, 15) is 9.59 Å². The van der Waals surface area contributed by atoms with Crippen molar-refractivity contribution in [2.24, 2.45) is 0 Å². The van der Waals surface area contributed by atoms with E-state index in [0.29, 0.717) is 63.9 Å². The molecule has 4 aromatic carbocycles. The maximum absolute atomic E-state index is 11.6. The topological polar surface area (TPSA) is 122 Å². The Morgan fingerprint density at radius 2 is 0.970 bits per heavy atom. The van der Waals surface area contributed by atoms with Gasteiger partial charge < -0.3 is 38.2 Å². The van der Waals surface area contributed by atoms with Crippen LogP contribution < -0.4 is 9.80 Å². The normalized spacial score (nSPS) is 12.1. The molecule has 7 rings (SSSR count).